The Morgan fingerprint density at radius 1 is 1.03 bits per heavy atom. The normalized spacial score (nSPS) is 11.6. The van der Waals surface area contributed by atoms with E-state index in [9.17, 15) is 19.2 Å². The molecule has 0 aliphatic carbocycles. The number of nitrogens with one attached hydrogen (secondary N) is 3. The molecule has 0 saturated heterocycles. The van der Waals surface area contributed by atoms with Crippen LogP contribution in [0.3, 0.4) is 0 Å². The lowest BCUT2D eigenvalue weighted by molar-refractivity contribution is -0.132. The number of aromatic nitrogens is 2. The Morgan fingerprint density at radius 2 is 1.72 bits per heavy atom. The van der Waals surface area contributed by atoms with Crippen molar-refractivity contribution in [2.45, 2.75) is 32.9 Å². The Kier molecular flexibility index (Phi) is 7.27. The Bertz CT molecular complexity index is 1220. The second-order valence-corrected chi connectivity index (χ2v) is 6.88. The number of para-hydroxylation sites is 1. The first-order valence-electron chi connectivity index (χ1n) is 10.1. The molecule has 10 nitrogen and oxygen atoms in total. The van der Waals surface area contributed by atoms with Crippen molar-refractivity contribution in [2.24, 2.45) is 0 Å². The number of benzene rings is 2. The summed E-state index contributed by atoms with van der Waals surface area (Å²) in [7, 11) is 0. The van der Waals surface area contributed by atoms with Gasteiger partial charge < -0.3 is 9.47 Å². The number of aryl methyl sites for hydroxylation is 1. The van der Waals surface area contributed by atoms with Gasteiger partial charge in [0.05, 0.1) is 17.5 Å². The third-order valence-corrected chi connectivity index (χ3v) is 4.61. The van der Waals surface area contributed by atoms with E-state index in [2.05, 4.69) is 15.8 Å². The second-order valence-electron chi connectivity index (χ2n) is 6.88. The summed E-state index contributed by atoms with van der Waals surface area (Å²) in [6.45, 7) is 4.00. The molecule has 10 heteroatoms. The average Bonchev–Trinajstić information content (AvgIpc) is 2.78. The van der Waals surface area contributed by atoms with Crippen LogP contribution in [-0.2, 0) is 16.1 Å². The van der Waals surface area contributed by atoms with Crippen LogP contribution in [0.2, 0.25) is 0 Å². The largest absolute Gasteiger partial charge is 0.494 e. The van der Waals surface area contributed by atoms with E-state index in [0.29, 0.717) is 29.0 Å². The van der Waals surface area contributed by atoms with Crippen molar-refractivity contribution in [2.75, 3.05) is 6.61 Å². The second kappa shape index (κ2) is 10.3. The van der Waals surface area contributed by atoms with Crippen LogP contribution in [0.15, 0.2) is 58.1 Å². The summed E-state index contributed by atoms with van der Waals surface area (Å²) in [5.41, 5.74) is 3.93. The van der Waals surface area contributed by atoms with Crippen LogP contribution in [0.1, 0.15) is 20.3 Å². The van der Waals surface area contributed by atoms with Crippen molar-refractivity contribution >= 4 is 22.7 Å². The van der Waals surface area contributed by atoms with Crippen LogP contribution in [-0.4, -0.2) is 34.1 Å². The Balaban J connectivity index is 1.51. The van der Waals surface area contributed by atoms with Crippen molar-refractivity contribution in [1.29, 1.82) is 0 Å². The van der Waals surface area contributed by atoms with Gasteiger partial charge in [0.25, 0.3) is 11.5 Å². The number of hydrogen-bond donors (Lipinski definition) is 3. The molecule has 3 N–H and O–H groups in total. The number of carbonyl (C=O) groups is 2. The van der Waals surface area contributed by atoms with Gasteiger partial charge in [-0.15, -0.1) is 0 Å². The summed E-state index contributed by atoms with van der Waals surface area (Å²) in [6, 6.07) is 13.4. The molecule has 2 amide bonds. The zero-order valence-corrected chi connectivity index (χ0v) is 17.7. The maximum Gasteiger partial charge on any atom is 0.328 e. The first-order chi connectivity index (χ1) is 15.4. The van der Waals surface area contributed by atoms with Crippen LogP contribution >= 0.6 is 0 Å². The number of ether oxygens (including phenoxy) is 2. The molecule has 0 bridgehead atoms. The summed E-state index contributed by atoms with van der Waals surface area (Å²) in [6.07, 6.45) is -0.955. The van der Waals surface area contributed by atoms with Crippen LogP contribution in [0.25, 0.3) is 10.9 Å². The van der Waals surface area contributed by atoms with Crippen LogP contribution in [0, 0.1) is 0 Å². The van der Waals surface area contributed by atoms with Gasteiger partial charge in [-0.25, -0.2) is 4.79 Å². The minimum atomic E-state index is -0.862. The fourth-order valence-corrected chi connectivity index (χ4v) is 3.01. The molecule has 0 spiro atoms. The quantitative estimate of drug-likeness (QED) is 0.450. The van der Waals surface area contributed by atoms with E-state index in [4.69, 9.17) is 9.47 Å². The maximum absolute atomic E-state index is 12.2. The monoisotopic (exact) mass is 440 g/mol. The molecule has 3 aromatic rings. The van der Waals surface area contributed by atoms with Gasteiger partial charge in [-0.1, -0.05) is 12.1 Å². The summed E-state index contributed by atoms with van der Waals surface area (Å²) < 4.78 is 12.2. The zero-order valence-electron chi connectivity index (χ0n) is 17.7. The molecule has 1 heterocycles. The lowest BCUT2D eigenvalue weighted by Gasteiger charge is -2.15. The number of aromatic amines is 1. The molecule has 168 valence electrons. The number of carbonyl (C=O) groups excluding carboxylic acids is 2. The fraction of sp³-hybridized carbons (Fsp3) is 0.273. The van der Waals surface area contributed by atoms with E-state index in [1.807, 2.05) is 6.92 Å². The topological polar surface area (TPSA) is 132 Å². The molecule has 1 aromatic heterocycles. The first-order valence-corrected chi connectivity index (χ1v) is 10.1. The van der Waals surface area contributed by atoms with Crippen molar-refractivity contribution < 1.29 is 19.1 Å². The highest BCUT2D eigenvalue weighted by Gasteiger charge is 2.16. The number of rotatable bonds is 8. The van der Waals surface area contributed by atoms with E-state index >= 15 is 0 Å². The van der Waals surface area contributed by atoms with Crippen LogP contribution in [0.4, 0.5) is 0 Å². The molecule has 1 atom stereocenters. The molecule has 32 heavy (non-hydrogen) atoms. The van der Waals surface area contributed by atoms with Gasteiger partial charge in [-0.3, -0.25) is 34.8 Å². The highest BCUT2D eigenvalue weighted by Crippen LogP contribution is 2.18. The van der Waals surface area contributed by atoms with Gasteiger partial charge in [0, 0.05) is 13.0 Å². The fourth-order valence-electron chi connectivity index (χ4n) is 3.01. The van der Waals surface area contributed by atoms with Gasteiger partial charge in [-0.05, 0) is 50.2 Å². The van der Waals surface area contributed by atoms with Gasteiger partial charge in [0.2, 0.25) is 5.91 Å². The van der Waals surface area contributed by atoms with Crippen LogP contribution in [0.5, 0.6) is 11.5 Å². The molecular formula is C22H24N4O6. The van der Waals surface area contributed by atoms with Crippen molar-refractivity contribution in [3.8, 4) is 11.5 Å². The van der Waals surface area contributed by atoms with Crippen molar-refractivity contribution in [1.82, 2.24) is 20.4 Å². The standard InChI is InChI=1S/C22H24N4O6/c1-3-31-15-8-10-16(11-9-15)32-14(2)20(28)25-24-19(27)12-13-26-18-7-5-4-6-17(18)21(29)23-22(26)30/h4-11,14H,3,12-13H2,1-2H3,(H,24,27)(H,25,28)(H,23,29,30). The van der Waals surface area contributed by atoms with E-state index in [1.165, 1.54) is 4.57 Å². The Labute approximate surface area is 183 Å². The van der Waals surface area contributed by atoms with E-state index < -0.39 is 29.2 Å². The predicted molar refractivity (Wildman–Crippen MR) is 117 cm³/mol. The number of hydrazine groups is 1. The number of fused-ring (bicyclic) bond motifs is 1. The summed E-state index contributed by atoms with van der Waals surface area (Å²) in [5.74, 6) is 0.123. The molecule has 0 radical (unpaired) electrons. The third-order valence-electron chi connectivity index (χ3n) is 4.61. The lowest BCUT2D eigenvalue weighted by Crippen LogP contribution is -2.47. The molecular weight excluding hydrogens is 416 g/mol. The molecule has 0 fully saturated rings. The Morgan fingerprint density at radius 3 is 2.44 bits per heavy atom. The van der Waals surface area contributed by atoms with Crippen LogP contribution < -0.4 is 31.6 Å². The summed E-state index contributed by atoms with van der Waals surface area (Å²) >= 11 is 0. The molecule has 0 saturated carbocycles. The highest BCUT2D eigenvalue weighted by molar-refractivity contribution is 5.84. The summed E-state index contributed by atoms with van der Waals surface area (Å²) in [5, 5.41) is 0.348. The lowest BCUT2D eigenvalue weighted by atomic mass is 10.2. The minimum Gasteiger partial charge on any atom is -0.494 e. The smallest absolute Gasteiger partial charge is 0.328 e. The van der Waals surface area contributed by atoms with Gasteiger partial charge in [0.1, 0.15) is 11.5 Å². The average molecular weight is 440 g/mol. The number of hydrogen-bond acceptors (Lipinski definition) is 6. The zero-order chi connectivity index (χ0) is 23.1. The van der Waals surface area contributed by atoms with Gasteiger partial charge >= 0.3 is 5.69 Å². The highest BCUT2D eigenvalue weighted by atomic mass is 16.5. The van der Waals surface area contributed by atoms with E-state index in [0.717, 1.165) is 0 Å². The molecule has 3 rings (SSSR count). The molecule has 2 aromatic carbocycles. The summed E-state index contributed by atoms with van der Waals surface area (Å²) in [4.78, 5) is 50.6. The molecule has 0 aliphatic heterocycles. The SMILES string of the molecule is CCOc1ccc(OC(C)C(=O)NNC(=O)CCn2c(=O)[nH]c(=O)c3ccccc32)cc1. The van der Waals surface area contributed by atoms with Crippen molar-refractivity contribution in [3.63, 3.8) is 0 Å². The number of amides is 2. The first kappa shape index (κ1) is 22.6. The minimum absolute atomic E-state index is 0.0239. The Hall–Kier alpha value is -4.08. The van der Waals surface area contributed by atoms with Gasteiger partial charge in [-0.2, -0.15) is 0 Å². The maximum atomic E-state index is 12.2. The van der Waals surface area contributed by atoms with E-state index in [-0.39, 0.29) is 13.0 Å². The third kappa shape index (κ3) is 5.54. The predicted octanol–water partition coefficient (Wildman–Crippen LogP) is 1.09. The number of nitrogens with zero attached hydrogens (tertiary/aromatic N) is 1. The molecule has 1 unspecified atom stereocenters. The van der Waals surface area contributed by atoms with E-state index in [1.54, 1.807) is 55.5 Å². The van der Waals surface area contributed by atoms with Gasteiger partial charge in [0.15, 0.2) is 6.10 Å². The van der Waals surface area contributed by atoms with Crippen molar-refractivity contribution in [3.05, 3.63) is 69.4 Å². The number of H-pyrrole nitrogens is 1. The molecule has 0 aliphatic rings.